The van der Waals surface area contributed by atoms with E-state index in [1.165, 1.54) is 21.6 Å². The van der Waals surface area contributed by atoms with Gasteiger partial charge >= 0.3 is 0 Å². The van der Waals surface area contributed by atoms with Crippen LogP contribution in [0.25, 0.3) is 0 Å². The van der Waals surface area contributed by atoms with E-state index in [0.717, 1.165) is 35.8 Å². The zero-order valence-electron chi connectivity index (χ0n) is 13.5. The number of rotatable bonds is 4. The van der Waals surface area contributed by atoms with Crippen molar-refractivity contribution in [2.45, 2.75) is 12.8 Å². The zero-order valence-corrected chi connectivity index (χ0v) is 14.3. The van der Waals surface area contributed by atoms with Crippen LogP contribution in [0.3, 0.4) is 0 Å². The lowest BCUT2D eigenvalue weighted by Crippen LogP contribution is -1.94. The molecule has 0 unspecified atom stereocenters. The predicted octanol–water partition coefficient (Wildman–Crippen LogP) is 4.39. The maximum atomic E-state index is 5.48. The van der Waals surface area contributed by atoms with E-state index in [4.69, 9.17) is 18.9 Å². The lowest BCUT2D eigenvalue weighted by molar-refractivity contribution is 0.173. The Hall–Kier alpha value is -2.66. The summed E-state index contributed by atoms with van der Waals surface area (Å²) >= 11 is 1.79. The number of benzene rings is 2. The van der Waals surface area contributed by atoms with Crippen molar-refractivity contribution >= 4 is 11.3 Å². The molecule has 0 N–H and O–H groups in total. The van der Waals surface area contributed by atoms with Crippen LogP contribution >= 0.6 is 11.3 Å². The highest BCUT2D eigenvalue weighted by molar-refractivity contribution is 7.10. The van der Waals surface area contributed by atoms with Crippen LogP contribution in [-0.4, -0.2) is 13.6 Å². The minimum Gasteiger partial charge on any atom is -0.454 e. The van der Waals surface area contributed by atoms with Crippen LogP contribution in [0, 0.1) is 0 Å². The Morgan fingerprint density at radius 3 is 1.96 bits per heavy atom. The fourth-order valence-corrected chi connectivity index (χ4v) is 4.12. The topological polar surface area (TPSA) is 36.9 Å². The highest BCUT2D eigenvalue weighted by Crippen LogP contribution is 2.35. The lowest BCUT2D eigenvalue weighted by atomic mass is 10.0. The molecule has 3 heterocycles. The number of ether oxygens (including phenoxy) is 4. The van der Waals surface area contributed by atoms with Crippen molar-refractivity contribution in [2.24, 2.45) is 0 Å². The van der Waals surface area contributed by atoms with Gasteiger partial charge in [0.1, 0.15) is 0 Å². The molecular weight excluding hydrogens is 336 g/mol. The predicted molar refractivity (Wildman–Crippen MR) is 95.1 cm³/mol. The van der Waals surface area contributed by atoms with Gasteiger partial charge in [-0.15, -0.1) is 11.3 Å². The highest BCUT2D eigenvalue weighted by Gasteiger charge is 2.16. The molecule has 126 valence electrons. The maximum Gasteiger partial charge on any atom is 0.231 e. The summed E-state index contributed by atoms with van der Waals surface area (Å²) < 4.78 is 21.7. The third-order valence-electron chi connectivity index (χ3n) is 4.47. The van der Waals surface area contributed by atoms with E-state index in [-0.39, 0.29) is 0 Å². The van der Waals surface area contributed by atoms with Crippen LogP contribution in [0.15, 0.2) is 47.8 Å². The summed E-state index contributed by atoms with van der Waals surface area (Å²) in [5.74, 6) is 3.33. The molecule has 0 aliphatic carbocycles. The number of hydrogen-bond donors (Lipinski definition) is 0. The second-order valence-corrected chi connectivity index (χ2v) is 7.10. The van der Waals surface area contributed by atoms with Crippen molar-refractivity contribution < 1.29 is 18.9 Å². The Balaban J connectivity index is 1.37. The minimum absolute atomic E-state index is 0.312. The van der Waals surface area contributed by atoms with Gasteiger partial charge in [-0.05, 0) is 58.8 Å². The van der Waals surface area contributed by atoms with Gasteiger partial charge in [0.25, 0.3) is 0 Å². The lowest BCUT2D eigenvalue weighted by Gasteiger charge is -2.07. The van der Waals surface area contributed by atoms with E-state index in [9.17, 15) is 0 Å². The van der Waals surface area contributed by atoms with Gasteiger partial charge in [0, 0.05) is 11.3 Å². The molecule has 0 atom stereocenters. The van der Waals surface area contributed by atoms with Crippen molar-refractivity contribution in [1.82, 2.24) is 0 Å². The molecule has 0 saturated heterocycles. The van der Waals surface area contributed by atoms with Crippen LogP contribution in [0.2, 0.25) is 0 Å². The van der Waals surface area contributed by atoms with Crippen LogP contribution in [0.5, 0.6) is 23.0 Å². The van der Waals surface area contributed by atoms with Gasteiger partial charge in [-0.3, -0.25) is 0 Å². The Morgan fingerprint density at radius 1 is 0.680 bits per heavy atom. The molecular formula is C20H16O4S. The molecule has 0 spiro atoms. The molecule has 1 aromatic heterocycles. The van der Waals surface area contributed by atoms with Crippen molar-refractivity contribution in [3.05, 3.63) is 69.4 Å². The van der Waals surface area contributed by atoms with Crippen molar-refractivity contribution in [3.8, 4) is 23.0 Å². The van der Waals surface area contributed by atoms with Crippen molar-refractivity contribution in [1.29, 1.82) is 0 Å². The smallest absolute Gasteiger partial charge is 0.231 e. The fraction of sp³-hybridized carbons (Fsp3) is 0.200. The first kappa shape index (κ1) is 14.7. The minimum atomic E-state index is 0.312. The summed E-state index contributed by atoms with van der Waals surface area (Å²) in [6.45, 7) is 0.625. The average Bonchev–Trinajstić information content (AvgIpc) is 3.35. The molecule has 0 amide bonds. The van der Waals surface area contributed by atoms with Crippen molar-refractivity contribution in [3.63, 3.8) is 0 Å². The Labute approximate surface area is 149 Å². The normalized spacial score (nSPS) is 14.1. The molecule has 2 aromatic carbocycles. The second-order valence-electron chi connectivity index (χ2n) is 6.10. The van der Waals surface area contributed by atoms with Crippen LogP contribution in [-0.2, 0) is 12.8 Å². The van der Waals surface area contributed by atoms with Crippen LogP contribution in [0.4, 0.5) is 0 Å². The third-order valence-corrected chi connectivity index (χ3v) is 5.43. The summed E-state index contributed by atoms with van der Waals surface area (Å²) in [7, 11) is 0. The first-order valence-electron chi connectivity index (χ1n) is 8.17. The largest absolute Gasteiger partial charge is 0.454 e. The van der Waals surface area contributed by atoms with Gasteiger partial charge in [0.15, 0.2) is 23.0 Å². The van der Waals surface area contributed by atoms with Crippen LogP contribution < -0.4 is 18.9 Å². The van der Waals surface area contributed by atoms with Gasteiger partial charge in [-0.25, -0.2) is 0 Å². The maximum absolute atomic E-state index is 5.48. The Morgan fingerprint density at radius 2 is 1.28 bits per heavy atom. The molecule has 2 aliphatic heterocycles. The van der Waals surface area contributed by atoms with Gasteiger partial charge in [-0.1, -0.05) is 12.1 Å². The standard InChI is InChI=1S/C20H16O4S/c1-3-16-18(23-11-21-16)8-13(1)7-15-5-6-25-20(15)10-14-2-4-17-19(9-14)24-12-22-17/h1-6,8-9H,7,10-12H2. The van der Waals surface area contributed by atoms with E-state index < -0.39 is 0 Å². The average molecular weight is 352 g/mol. The number of hydrogen-bond acceptors (Lipinski definition) is 5. The summed E-state index contributed by atoms with van der Waals surface area (Å²) in [6, 6.07) is 14.5. The highest BCUT2D eigenvalue weighted by atomic mass is 32.1. The molecule has 4 nitrogen and oxygen atoms in total. The number of fused-ring (bicyclic) bond motifs is 2. The monoisotopic (exact) mass is 352 g/mol. The van der Waals surface area contributed by atoms with Gasteiger partial charge in [0.2, 0.25) is 13.6 Å². The zero-order chi connectivity index (χ0) is 16.6. The first-order valence-corrected chi connectivity index (χ1v) is 9.05. The summed E-state index contributed by atoms with van der Waals surface area (Å²) in [4.78, 5) is 1.37. The summed E-state index contributed by atoms with van der Waals surface area (Å²) in [5, 5.41) is 2.16. The number of thiophene rings is 1. The van der Waals surface area contributed by atoms with E-state index in [0.29, 0.717) is 13.6 Å². The van der Waals surface area contributed by atoms with E-state index >= 15 is 0 Å². The molecule has 2 aliphatic rings. The molecule has 3 aromatic rings. The third kappa shape index (κ3) is 2.81. The Bertz CT molecular complexity index is 857. The molecule has 5 rings (SSSR count). The van der Waals surface area contributed by atoms with E-state index in [1.807, 2.05) is 12.1 Å². The molecule has 0 fully saturated rings. The quantitative estimate of drug-likeness (QED) is 0.698. The Kier molecular flexibility index (Phi) is 3.52. The van der Waals surface area contributed by atoms with Crippen molar-refractivity contribution in [2.75, 3.05) is 13.6 Å². The van der Waals surface area contributed by atoms with Gasteiger partial charge < -0.3 is 18.9 Å². The summed E-state index contributed by atoms with van der Waals surface area (Å²) in [5.41, 5.74) is 3.81. The first-order chi connectivity index (χ1) is 12.3. The van der Waals surface area contributed by atoms with Gasteiger partial charge in [0.05, 0.1) is 0 Å². The molecule has 0 radical (unpaired) electrons. The van der Waals surface area contributed by atoms with Crippen LogP contribution in [0.1, 0.15) is 21.6 Å². The molecule has 5 heteroatoms. The fourth-order valence-electron chi connectivity index (χ4n) is 3.19. The van der Waals surface area contributed by atoms with Gasteiger partial charge in [-0.2, -0.15) is 0 Å². The SMILES string of the molecule is c1cc(Cc2ccc3c(c2)OCO3)c(Cc2ccc3c(c2)OCO3)s1. The molecule has 0 saturated carbocycles. The van der Waals surface area contributed by atoms with E-state index in [2.05, 4.69) is 35.7 Å². The molecule has 0 bridgehead atoms. The second kappa shape index (κ2) is 6.01. The molecule has 25 heavy (non-hydrogen) atoms. The van der Waals surface area contributed by atoms with E-state index in [1.54, 1.807) is 11.3 Å². The summed E-state index contributed by atoms with van der Waals surface area (Å²) in [6.07, 6.45) is 1.79.